The first kappa shape index (κ1) is 20.0. The third kappa shape index (κ3) is 3.65. The summed E-state index contributed by atoms with van der Waals surface area (Å²) in [6.07, 6.45) is 4.94. The van der Waals surface area contributed by atoms with Gasteiger partial charge in [-0.05, 0) is 31.4 Å². The minimum Gasteiger partial charge on any atom is -0.486 e. The predicted molar refractivity (Wildman–Crippen MR) is 123 cm³/mol. The van der Waals surface area contributed by atoms with E-state index in [2.05, 4.69) is 25.3 Å². The maximum atomic E-state index is 12.8. The Morgan fingerprint density at radius 2 is 1.94 bits per heavy atom. The van der Waals surface area contributed by atoms with Crippen LogP contribution in [-0.4, -0.2) is 56.4 Å². The summed E-state index contributed by atoms with van der Waals surface area (Å²) in [5.41, 5.74) is 1.15. The molecule has 0 bridgehead atoms. The highest BCUT2D eigenvalue weighted by Gasteiger charge is 2.20. The normalized spacial score (nSPS) is 15.8. The molecular formula is C21H21N7O4S. The minimum absolute atomic E-state index is 0.228. The van der Waals surface area contributed by atoms with Crippen molar-refractivity contribution in [3.63, 3.8) is 0 Å². The summed E-state index contributed by atoms with van der Waals surface area (Å²) in [4.78, 5) is 36.7. The first-order valence-electron chi connectivity index (χ1n) is 10.8. The Hall–Kier alpha value is -3.67. The average Bonchev–Trinajstić information content (AvgIpc) is 3.41. The highest BCUT2D eigenvalue weighted by atomic mass is 32.1. The Labute approximate surface area is 191 Å². The van der Waals surface area contributed by atoms with E-state index in [0.29, 0.717) is 41.7 Å². The monoisotopic (exact) mass is 467 g/mol. The van der Waals surface area contributed by atoms with E-state index >= 15 is 0 Å². The summed E-state index contributed by atoms with van der Waals surface area (Å²) in [5, 5.41) is 8.10. The number of fused-ring (bicyclic) bond motifs is 4. The van der Waals surface area contributed by atoms with Crippen molar-refractivity contribution in [1.82, 2.24) is 24.1 Å². The third-order valence-electron chi connectivity index (χ3n) is 5.71. The number of hydrogen-bond donors (Lipinski definition) is 1. The zero-order valence-corrected chi connectivity index (χ0v) is 18.5. The minimum atomic E-state index is -0.426. The summed E-state index contributed by atoms with van der Waals surface area (Å²) >= 11 is 1.48. The number of thiazole rings is 1. The molecule has 2 aliphatic heterocycles. The Morgan fingerprint density at radius 3 is 2.79 bits per heavy atom. The van der Waals surface area contributed by atoms with Gasteiger partial charge in [0.2, 0.25) is 5.91 Å². The number of nitrogens with one attached hydrogen (secondary N) is 1. The van der Waals surface area contributed by atoms with E-state index in [1.165, 1.54) is 28.5 Å². The molecule has 1 saturated heterocycles. The molecule has 1 fully saturated rings. The number of carbonyl (C=O) groups excluding carboxylic acids is 1. The quantitative estimate of drug-likeness (QED) is 0.484. The molecule has 4 aromatic rings. The van der Waals surface area contributed by atoms with Crippen molar-refractivity contribution in [1.29, 1.82) is 0 Å². The number of carbonyl (C=O) groups is 1. The van der Waals surface area contributed by atoms with Crippen LogP contribution in [0.25, 0.3) is 16.0 Å². The molecule has 1 aromatic carbocycles. The fourth-order valence-electron chi connectivity index (χ4n) is 4.11. The van der Waals surface area contributed by atoms with Crippen LogP contribution in [0.2, 0.25) is 0 Å². The molecule has 170 valence electrons. The van der Waals surface area contributed by atoms with Crippen LogP contribution in [0.5, 0.6) is 11.5 Å². The maximum absolute atomic E-state index is 12.8. The largest absolute Gasteiger partial charge is 0.486 e. The zero-order valence-electron chi connectivity index (χ0n) is 17.7. The molecule has 2 aliphatic rings. The molecule has 12 heteroatoms. The number of anilines is 2. The van der Waals surface area contributed by atoms with Crippen molar-refractivity contribution < 1.29 is 14.3 Å². The van der Waals surface area contributed by atoms with E-state index < -0.39 is 5.69 Å². The maximum Gasteiger partial charge on any atom is 0.352 e. The molecule has 1 amide bonds. The van der Waals surface area contributed by atoms with E-state index in [9.17, 15) is 9.59 Å². The lowest BCUT2D eigenvalue weighted by atomic mass is 10.1. The number of hydrogen-bond acceptors (Lipinski definition) is 9. The smallest absolute Gasteiger partial charge is 0.352 e. The van der Waals surface area contributed by atoms with Gasteiger partial charge in [0.25, 0.3) is 0 Å². The van der Waals surface area contributed by atoms with Gasteiger partial charge in [-0.3, -0.25) is 4.79 Å². The second kappa shape index (κ2) is 8.03. The highest BCUT2D eigenvalue weighted by Crippen LogP contribution is 2.33. The number of piperidine rings is 1. The van der Waals surface area contributed by atoms with Gasteiger partial charge < -0.3 is 19.7 Å². The second-order valence-corrected chi connectivity index (χ2v) is 8.96. The van der Waals surface area contributed by atoms with E-state index in [4.69, 9.17) is 9.47 Å². The molecule has 11 nitrogen and oxygen atoms in total. The predicted octanol–water partition coefficient (Wildman–Crippen LogP) is 1.90. The van der Waals surface area contributed by atoms with Crippen molar-refractivity contribution >= 4 is 44.1 Å². The fraction of sp³-hybridized carbons (Fsp3) is 0.381. The zero-order chi connectivity index (χ0) is 22.4. The van der Waals surface area contributed by atoms with E-state index in [0.717, 1.165) is 40.4 Å². The lowest BCUT2D eigenvalue weighted by molar-refractivity contribution is -0.117. The summed E-state index contributed by atoms with van der Waals surface area (Å²) in [6.45, 7) is 2.67. The molecule has 0 aliphatic carbocycles. The van der Waals surface area contributed by atoms with Gasteiger partial charge in [0, 0.05) is 24.8 Å². The van der Waals surface area contributed by atoms with Crippen LogP contribution >= 0.6 is 11.3 Å². The van der Waals surface area contributed by atoms with Crippen LogP contribution in [0.3, 0.4) is 0 Å². The summed E-state index contributed by atoms with van der Waals surface area (Å²) in [7, 11) is 0. The molecule has 5 heterocycles. The molecule has 0 unspecified atom stereocenters. The lowest BCUT2D eigenvalue weighted by Gasteiger charge is -2.25. The Morgan fingerprint density at radius 1 is 1.12 bits per heavy atom. The molecule has 0 atom stereocenters. The van der Waals surface area contributed by atoms with Gasteiger partial charge in [-0.25, -0.2) is 18.9 Å². The summed E-state index contributed by atoms with van der Waals surface area (Å²) in [5.74, 6) is 0.840. The summed E-state index contributed by atoms with van der Waals surface area (Å²) < 4.78 is 14.3. The molecule has 33 heavy (non-hydrogen) atoms. The van der Waals surface area contributed by atoms with Crippen LogP contribution in [0, 0.1) is 0 Å². The SMILES string of the molecule is O=C(Cn1nc2c3sc(N4CCCCC4)nc3ncn2c1=O)Nc1ccc2c(c1)OCCO2. The molecular weight excluding hydrogens is 446 g/mol. The van der Waals surface area contributed by atoms with Crippen LogP contribution in [0.15, 0.2) is 29.3 Å². The second-order valence-electron chi connectivity index (χ2n) is 7.98. The number of rotatable bonds is 4. The Kier molecular flexibility index (Phi) is 4.86. The fourth-order valence-corrected chi connectivity index (χ4v) is 5.15. The first-order valence-corrected chi connectivity index (χ1v) is 11.7. The Balaban J connectivity index is 1.26. The lowest BCUT2D eigenvalue weighted by Crippen LogP contribution is -2.29. The van der Waals surface area contributed by atoms with E-state index in [1.807, 2.05) is 0 Å². The van der Waals surface area contributed by atoms with Gasteiger partial charge in [-0.1, -0.05) is 11.3 Å². The van der Waals surface area contributed by atoms with Crippen LogP contribution in [-0.2, 0) is 11.3 Å². The Bertz CT molecular complexity index is 1420. The standard InChI is InChI=1S/C21H21N7O4S/c29-16(23-13-4-5-14-15(10-13)32-9-8-31-14)11-28-21(30)27-12-22-18-17(19(27)25-28)33-20(24-18)26-6-2-1-3-7-26/h4-5,10,12H,1-3,6-9,11H2,(H,23,29). The summed E-state index contributed by atoms with van der Waals surface area (Å²) in [6, 6.07) is 5.17. The number of aromatic nitrogens is 5. The van der Waals surface area contributed by atoms with Crippen molar-refractivity contribution in [2.75, 3.05) is 36.5 Å². The first-order chi connectivity index (χ1) is 16.2. The highest BCUT2D eigenvalue weighted by molar-refractivity contribution is 7.22. The van der Waals surface area contributed by atoms with Crippen LogP contribution in [0.1, 0.15) is 19.3 Å². The van der Waals surface area contributed by atoms with Gasteiger partial charge in [0.05, 0.1) is 0 Å². The van der Waals surface area contributed by atoms with Gasteiger partial charge in [0.15, 0.2) is 27.9 Å². The topological polar surface area (TPSA) is 116 Å². The van der Waals surface area contributed by atoms with E-state index in [1.54, 1.807) is 18.2 Å². The van der Waals surface area contributed by atoms with Gasteiger partial charge in [0.1, 0.15) is 30.8 Å². The van der Waals surface area contributed by atoms with Gasteiger partial charge >= 0.3 is 5.69 Å². The number of amides is 1. The van der Waals surface area contributed by atoms with Crippen molar-refractivity contribution in [3.8, 4) is 11.5 Å². The molecule has 3 aromatic heterocycles. The number of nitrogens with zero attached hydrogens (tertiary/aromatic N) is 6. The van der Waals surface area contributed by atoms with Crippen molar-refractivity contribution in [2.24, 2.45) is 0 Å². The average molecular weight is 468 g/mol. The number of benzene rings is 1. The third-order valence-corrected chi connectivity index (χ3v) is 6.81. The van der Waals surface area contributed by atoms with Crippen molar-refractivity contribution in [2.45, 2.75) is 25.8 Å². The van der Waals surface area contributed by atoms with Gasteiger partial charge in [-0.15, -0.1) is 5.10 Å². The van der Waals surface area contributed by atoms with Gasteiger partial charge in [-0.2, -0.15) is 4.98 Å². The molecule has 0 saturated carbocycles. The van der Waals surface area contributed by atoms with Crippen LogP contribution in [0.4, 0.5) is 10.8 Å². The number of ether oxygens (including phenoxy) is 2. The van der Waals surface area contributed by atoms with Crippen LogP contribution < -0.4 is 25.4 Å². The molecule has 0 radical (unpaired) electrons. The molecule has 1 N–H and O–H groups in total. The molecule has 6 rings (SSSR count). The van der Waals surface area contributed by atoms with Crippen molar-refractivity contribution in [3.05, 3.63) is 35.0 Å². The molecule has 0 spiro atoms. The van der Waals surface area contributed by atoms with E-state index in [-0.39, 0.29) is 12.5 Å².